The lowest BCUT2D eigenvalue weighted by Gasteiger charge is -2.19. The van der Waals surface area contributed by atoms with Gasteiger partial charge in [0, 0.05) is 33.3 Å². The van der Waals surface area contributed by atoms with E-state index in [4.69, 9.17) is 11.6 Å². The maximum atomic E-state index is 12.7. The summed E-state index contributed by atoms with van der Waals surface area (Å²) in [5.41, 5.74) is 2.52. The average molecular weight is 395 g/mol. The van der Waals surface area contributed by atoms with Crippen LogP contribution in [0.15, 0.2) is 47.4 Å². The summed E-state index contributed by atoms with van der Waals surface area (Å²) >= 11 is 6.04. The van der Waals surface area contributed by atoms with Crippen LogP contribution in [0.25, 0.3) is 0 Å². The molecule has 0 radical (unpaired) electrons. The Balaban J connectivity index is 2.25. The van der Waals surface area contributed by atoms with Crippen LogP contribution >= 0.6 is 11.6 Å². The molecule has 0 aromatic heterocycles. The predicted octanol–water partition coefficient (Wildman–Crippen LogP) is 3.42. The monoisotopic (exact) mass is 394 g/mol. The zero-order valence-electron chi connectivity index (χ0n) is 15.4. The van der Waals surface area contributed by atoms with E-state index < -0.39 is 10.0 Å². The van der Waals surface area contributed by atoms with Crippen LogP contribution < -0.4 is 0 Å². The van der Waals surface area contributed by atoms with Crippen LogP contribution in [0.4, 0.5) is 0 Å². The zero-order valence-corrected chi connectivity index (χ0v) is 16.9. The Hall–Kier alpha value is -1.89. The minimum atomic E-state index is -3.73. The second-order valence-electron chi connectivity index (χ2n) is 6.26. The second kappa shape index (κ2) is 8.20. The van der Waals surface area contributed by atoms with Crippen molar-refractivity contribution in [2.75, 3.05) is 21.1 Å². The first-order valence-electron chi connectivity index (χ1n) is 8.22. The van der Waals surface area contributed by atoms with Gasteiger partial charge in [0.25, 0.3) is 5.91 Å². The Bertz CT molecular complexity index is 894. The molecule has 0 spiro atoms. The normalized spacial score (nSPS) is 11.6. The third kappa shape index (κ3) is 4.44. The van der Waals surface area contributed by atoms with Crippen molar-refractivity contribution < 1.29 is 13.2 Å². The van der Waals surface area contributed by atoms with Gasteiger partial charge in [-0.3, -0.25) is 4.79 Å². The van der Waals surface area contributed by atoms with Crippen LogP contribution in [0.2, 0.25) is 5.02 Å². The maximum Gasteiger partial charge on any atom is 0.253 e. The number of nitrogens with zero attached hydrogens (tertiary/aromatic N) is 2. The maximum absolute atomic E-state index is 12.7. The predicted molar refractivity (Wildman–Crippen MR) is 104 cm³/mol. The quantitative estimate of drug-likeness (QED) is 0.754. The summed E-state index contributed by atoms with van der Waals surface area (Å²) in [6.45, 7) is 2.52. The van der Waals surface area contributed by atoms with Gasteiger partial charge in [-0.15, -0.1) is 0 Å². The highest BCUT2D eigenvalue weighted by atomic mass is 35.5. The fourth-order valence-electron chi connectivity index (χ4n) is 2.48. The Morgan fingerprint density at radius 3 is 2.12 bits per heavy atom. The molecule has 26 heavy (non-hydrogen) atoms. The standard InChI is InChI=1S/C19H23ClN2O3S/c1-5-14-6-8-15(9-7-14)13-22(4)19(23)16-10-11-17(20)18(12-16)26(24,25)21(2)3/h6-12H,5,13H2,1-4H3. The van der Waals surface area contributed by atoms with Crippen molar-refractivity contribution in [3.8, 4) is 0 Å². The number of hydrogen-bond donors (Lipinski definition) is 0. The van der Waals surface area contributed by atoms with E-state index >= 15 is 0 Å². The smallest absolute Gasteiger partial charge is 0.253 e. The van der Waals surface area contributed by atoms with Crippen molar-refractivity contribution >= 4 is 27.5 Å². The van der Waals surface area contributed by atoms with Crippen molar-refractivity contribution in [2.45, 2.75) is 24.8 Å². The summed E-state index contributed by atoms with van der Waals surface area (Å²) in [5.74, 6) is -0.267. The van der Waals surface area contributed by atoms with Crippen LogP contribution in [0.5, 0.6) is 0 Å². The lowest BCUT2D eigenvalue weighted by atomic mass is 10.1. The van der Waals surface area contributed by atoms with Gasteiger partial charge in [-0.25, -0.2) is 12.7 Å². The first kappa shape index (κ1) is 20.4. The molecule has 0 aliphatic heterocycles. The van der Waals surface area contributed by atoms with Crippen molar-refractivity contribution in [1.82, 2.24) is 9.21 Å². The van der Waals surface area contributed by atoms with Crippen LogP contribution in [-0.2, 0) is 23.0 Å². The third-order valence-electron chi connectivity index (χ3n) is 4.13. The lowest BCUT2D eigenvalue weighted by molar-refractivity contribution is 0.0785. The summed E-state index contributed by atoms with van der Waals surface area (Å²) < 4.78 is 25.8. The number of sulfonamides is 1. The first-order valence-corrected chi connectivity index (χ1v) is 10.0. The van der Waals surface area contributed by atoms with Crippen molar-refractivity contribution in [3.63, 3.8) is 0 Å². The second-order valence-corrected chi connectivity index (χ2v) is 8.79. The van der Waals surface area contributed by atoms with Gasteiger partial charge in [0.1, 0.15) is 4.90 Å². The van der Waals surface area contributed by atoms with Crippen molar-refractivity contribution in [2.24, 2.45) is 0 Å². The summed E-state index contributed by atoms with van der Waals surface area (Å²) in [6, 6.07) is 12.4. The molecule has 0 N–H and O–H groups in total. The van der Waals surface area contributed by atoms with E-state index in [1.165, 1.54) is 37.9 Å². The molecule has 0 aliphatic rings. The fourth-order valence-corrected chi connectivity index (χ4v) is 3.87. The number of carbonyl (C=O) groups is 1. The van der Waals surface area contributed by atoms with Crippen molar-refractivity contribution in [1.29, 1.82) is 0 Å². The summed E-state index contributed by atoms with van der Waals surface area (Å²) in [7, 11) is 0.806. The number of aryl methyl sites for hydroxylation is 1. The van der Waals surface area contributed by atoms with E-state index in [2.05, 4.69) is 6.92 Å². The third-order valence-corrected chi connectivity index (χ3v) is 6.43. The van der Waals surface area contributed by atoms with Gasteiger partial charge >= 0.3 is 0 Å². The molecule has 0 fully saturated rings. The zero-order chi connectivity index (χ0) is 19.5. The molecule has 2 aromatic rings. The minimum absolute atomic E-state index is 0.0734. The van der Waals surface area contributed by atoms with Gasteiger partial charge in [0.2, 0.25) is 10.0 Å². The molecular weight excluding hydrogens is 372 g/mol. The molecule has 0 saturated heterocycles. The highest BCUT2D eigenvalue weighted by molar-refractivity contribution is 7.89. The fraction of sp³-hybridized carbons (Fsp3) is 0.316. The summed E-state index contributed by atoms with van der Waals surface area (Å²) in [4.78, 5) is 14.2. The molecule has 0 atom stereocenters. The molecule has 5 nitrogen and oxygen atoms in total. The van der Waals surface area contributed by atoms with E-state index in [1.807, 2.05) is 24.3 Å². The van der Waals surface area contributed by atoms with Gasteiger partial charge in [0.05, 0.1) is 5.02 Å². The molecule has 140 valence electrons. The molecule has 0 bridgehead atoms. The molecule has 0 aliphatic carbocycles. The van der Waals surface area contributed by atoms with Gasteiger partial charge < -0.3 is 4.90 Å². The molecule has 1 amide bonds. The van der Waals surface area contributed by atoms with Crippen LogP contribution in [0.1, 0.15) is 28.4 Å². The van der Waals surface area contributed by atoms with Gasteiger partial charge in [-0.05, 0) is 35.7 Å². The number of benzene rings is 2. The van der Waals surface area contributed by atoms with Gasteiger partial charge in [-0.2, -0.15) is 0 Å². The van der Waals surface area contributed by atoms with Gasteiger partial charge in [0.15, 0.2) is 0 Å². The Kier molecular flexibility index (Phi) is 6.44. The van der Waals surface area contributed by atoms with E-state index in [1.54, 1.807) is 11.9 Å². The summed E-state index contributed by atoms with van der Waals surface area (Å²) in [5, 5.41) is 0.0908. The average Bonchev–Trinajstić information content (AvgIpc) is 2.61. The molecular formula is C19H23ClN2O3S. The number of halogens is 1. The molecule has 7 heteroatoms. The minimum Gasteiger partial charge on any atom is -0.337 e. The van der Waals surface area contributed by atoms with E-state index in [-0.39, 0.29) is 21.4 Å². The van der Waals surface area contributed by atoms with E-state index in [0.717, 1.165) is 16.3 Å². The Morgan fingerprint density at radius 2 is 1.58 bits per heavy atom. The number of rotatable bonds is 6. The molecule has 0 heterocycles. The van der Waals surface area contributed by atoms with Crippen LogP contribution in [0.3, 0.4) is 0 Å². The molecule has 2 rings (SSSR count). The molecule has 0 unspecified atom stereocenters. The SMILES string of the molecule is CCc1ccc(CN(C)C(=O)c2ccc(Cl)c(S(=O)(=O)N(C)C)c2)cc1. The number of hydrogen-bond acceptors (Lipinski definition) is 3. The molecule has 0 saturated carbocycles. The largest absolute Gasteiger partial charge is 0.337 e. The topological polar surface area (TPSA) is 57.7 Å². The van der Waals surface area contributed by atoms with E-state index in [9.17, 15) is 13.2 Å². The van der Waals surface area contributed by atoms with Crippen LogP contribution in [-0.4, -0.2) is 44.7 Å². The Labute approximate surface area is 160 Å². The summed E-state index contributed by atoms with van der Waals surface area (Å²) in [6.07, 6.45) is 0.961. The Morgan fingerprint density at radius 1 is 1.00 bits per heavy atom. The van der Waals surface area contributed by atoms with Crippen molar-refractivity contribution in [3.05, 3.63) is 64.2 Å². The number of carbonyl (C=O) groups excluding carboxylic acids is 1. The highest BCUT2D eigenvalue weighted by Crippen LogP contribution is 2.25. The van der Waals surface area contributed by atoms with Gasteiger partial charge in [-0.1, -0.05) is 42.8 Å². The first-order chi connectivity index (χ1) is 12.2. The van der Waals surface area contributed by atoms with E-state index in [0.29, 0.717) is 6.54 Å². The van der Waals surface area contributed by atoms with Crippen LogP contribution in [0, 0.1) is 0 Å². The highest BCUT2D eigenvalue weighted by Gasteiger charge is 2.23. The number of amides is 1. The molecule has 2 aromatic carbocycles. The lowest BCUT2D eigenvalue weighted by Crippen LogP contribution is -2.27.